The van der Waals surface area contributed by atoms with Gasteiger partial charge in [0, 0.05) is 5.56 Å². The molecule has 3 unspecified atom stereocenters. The van der Waals surface area contributed by atoms with Crippen molar-refractivity contribution in [2.24, 2.45) is 17.8 Å². The maximum absolute atomic E-state index is 10.00. The minimum Gasteiger partial charge on any atom is -0.472 e. The Balaban J connectivity index is 1.74. The summed E-state index contributed by atoms with van der Waals surface area (Å²) in [6.45, 7) is 0. The molecule has 0 spiro atoms. The van der Waals surface area contributed by atoms with Crippen molar-refractivity contribution < 1.29 is 9.52 Å². The number of aliphatic hydroxyl groups is 1. The second-order valence-electron chi connectivity index (χ2n) is 4.34. The normalized spacial score (nSPS) is 38.7. The zero-order chi connectivity index (χ0) is 8.84. The molecule has 2 aliphatic carbocycles. The molecule has 2 saturated carbocycles. The maximum Gasteiger partial charge on any atom is 0.0960 e. The molecule has 0 amide bonds. The lowest BCUT2D eigenvalue weighted by Gasteiger charge is -2.09. The van der Waals surface area contributed by atoms with Crippen LogP contribution in [0.4, 0.5) is 0 Å². The van der Waals surface area contributed by atoms with E-state index >= 15 is 0 Å². The highest BCUT2D eigenvalue weighted by Gasteiger charge is 2.55. The summed E-state index contributed by atoms with van der Waals surface area (Å²) < 4.78 is 4.98. The molecular weight excluding hydrogens is 164 g/mol. The third kappa shape index (κ3) is 1.05. The van der Waals surface area contributed by atoms with Crippen molar-refractivity contribution >= 4 is 0 Å². The van der Waals surface area contributed by atoms with Crippen molar-refractivity contribution in [2.45, 2.75) is 25.4 Å². The molecule has 1 aromatic heterocycles. The highest BCUT2D eigenvalue weighted by atomic mass is 16.3. The van der Waals surface area contributed by atoms with E-state index in [2.05, 4.69) is 0 Å². The molecular formula is C11H14O2. The van der Waals surface area contributed by atoms with E-state index in [9.17, 15) is 5.11 Å². The van der Waals surface area contributed by atoms with Crippen LogP contribution in [0.3, 0.4) is 0 Å². The molecule has 2 heteroatoms. The highest BCUT2D eigenvalue weighted by molar-refractivity contribution is 5.17. The van der Waals surface area contributed by atoms with Crippen molar-refractivity contribution in [1.82, 2.24) is 0 Å². The molecule has 3 rings (SSSR count). The molecule has 2 fully saturated rings. The predicted molar refractivity (Wildman–Crippen MR) is 48.0 cm³/mol. The zero-order valence-electron chi connectivity index (χ0n) is 7.52. The average molecular weight is 178 g/mol. The monoisotopic (exact) mass is 178 g/mol. The molecule has 1 aromatic rings. The molecule has 0 aromatic carbocycles. The van der Waals surface area contributed by atoms with Gasteiger partial charge in [-0.15, -0.1) is 0 Å². The summed E-state index contributed by atoms with van der Waals surface area (Å²) >= 11 is 0. The Hall–Kier alpha value is -0.760. The number of aliphatic hydroxyl groups excluding tert-OH is 1. The quantitative estimate of drug-likeness (QED) is 0.754. The molecule has 70 valence electrons. The van der Waals surface area contributed by atoms with E-state index in [1.807, 2.05) is 6.07 Å². The molecule has 0 bridgehead atoms. The van der Waals surface area contributed by atoms with Gasteiger partial charge in [-0.1, -0.05) is 6.42 Å². The van der Waals surface area contributed by atoms with Gasteiger partial charge in [0.15, 0.2) is 0 Å². The zero-order valence-corrected chi connectivity index (χ0v) is 7.52. The standard InChI is InChI=1S/C11H14O2/c12-11(7-4-5-13-6-7)10-8-2-1-3-9(8)10/h4-6,8-12H,1-3H2. The van der Waals surface area contributed by atoms with Crippen LogP contribution in [0.15, 0.2) is 23.0 Å². The van der Waals surface area contributed by atoms with Crippen LogP contribution in [0.5, 0.6) is 0 Å². The molecule has 1 heterocycles. The van der Waals surface area contributed by atoms with Crippen LogP contribution in [-0.2, 0) is 0 Å². The topological polar surface area (TPSA) is 33.4 Å². The summed E-state index contributed by atoms with van der Waals surface area (Å²) in [5.74, 6) is 2.15. The van der Waals surface area contributed by atoms with Crippen molar-refractivity contribution in [3.8, 4) is 0 Å². The number of hydrogen-bond donors (Lipinski definition) is 1. The van der Waals surface area contributed by atoms with E-state index in [1.54, 1.807) is 12.5 Å². The molecule has 2 aliphatic rings. The van der Waals surface area contributed by atoms with E-state index in [0.717, 1.165) is 17.4 Å². The Morgan fingerprint density at radius 3 is 2.77 bits per heavy atom. The molecule has 0 saturated heterocycles. The molecule has 0 aliphatic heterocycles. The fourth-order valence-electron chi connectivity index (χ4n) is 3.01. The van der Waals surface area contributed by atoms with E-state index in [1.165, 1.54) is 19.3 Å². The van der Waals surface area contributed by atoms with Crippen molar-refractivity contribution in [1.29, 1.82) is 0 Å². The summed E-state index contributed by atoms with van der Waals surface area (Å²) in [6.07, 6.45) is 7.04. The van der Waals surface area contributed by atoms with Crippen LogP contribution in [0.1, 0.15) is 30.9 Å². The lowest BCUT2D eigenvalue weighted by Crippen LogP contribution is -2.02. The van der Waals surface area contributed by atoms with Crippen LogP contribution in [0, 0.1) is 17.8 Å². The van der Waals surface area contributed by atoms with Gasteiger partial charge in [-0.25, -0.2) is 0 Å². The number of rotatable bonds is 2. The van der Waals surface area contributed by atoms with Gasteiger partial charge in [-0.3, -0.25) is 0 Å². The largest absolute Gasteiger partial charge is 0.472 e. The third-order valence-corrected chi connectivity index (χ3v) is 3.72. The first kappa shape index (κ1) is 7.63. The van der Waals surface area contributed by atoms with Crippen LogP contribution in [0.25, 0.3) is 0 Å². The number of fused-ring (bicyclic) bond motifs is 1. The number of furan rings is 1. The Bertz CT molecular complexity index is 281. The summed E-state index contributed by atoms with van der Waals surface area (Å²) in [4.78, 5) is 0. The Morgan fingerprint density at radius 1 is 1.38 bits per heavy atom. The average Bonchev–Trinajstić information content (AvgIpc) is 2.68. The van der Waals surface area contributed by atoms with Gasteiger partial charge in [-0.2, -0.15) is 0 Å². The van der Waals surface area contributed by atoms with Gasteiger partial charge in [-0.05, 0) is 36.7 Å². The van der Waals surface area contributed by atoms with Crippen molar-refractivity contribution in [3.63, 3.8) is 0 Å². The van der Waals surface area contributed by atoms with Gasteiger partial charge in [0.1, 0.15) is 0 Å². The van der Waals surface area contributed by atoms with Crippen LogP contribution >= 0.6 is 0 Å². The lowest BCUT2D eigenvalue weighted by atomic mass is 10.0. The van der Waals surface area contributed by atoms with Crippen LogP contribution in [0.2, 0.25) is 0 Å². The maximum atomic E-state index is 10.00. The van der Waals surface area contributed by atoms with Crippen molar-refractivity contribution in [3.05, 3.63) is 24.2 Å². The first-order valence-electron chi connectivity index (χ1n) is 5.08. The Morgan fingerprint density at radius 2 is 2.15 bits per heavy atom. The SMILES string of the molecule is OC(c1ccoc1)C1C2CCCC21. The molecule has 3 atom stereocenters. The second kappa shape index (κ2) is 2.61. The minimum atomic E-state index is -0.269. The van der Waals surface area contributed by atoms with Crippen molar-refractivity contribution in [2.75, 3.05) is 0 Å². The van der Waals surface area contributed by atoms with Gasteiger partial charge in [0.05, 0.1) is 18.6 Å². The van der Waals surface area contributed by atoms with E-state index in [-0.39, 0.29) is 6.10 Å². The Labute approximate surface area is 77.6 Å². The van der Waals surface area contributed by atoms with Gasteiger partial charge >= 0.3 is 0 Å². The summed E-state index contributed by atoms with van der Waals surface area (Å²) in [5, 5.41) is 10.00. The van der Waals surface area contributed by atoms with Crippen LogP contribution in [-0.4, -0.2) is 5.11 Å². The van der Waals surface area contributed by atoms with E-state index in [0.29, 0.717) is 5.92 Å². The second-order valence-corrected chi connectivity index (χ2v) is 4.34. The summed E-state index contributed by atoms with van der Waals surface area (Å²) in [6, 6.07) is 1.87. The summed E-state index contributed by atoms with van der Waals surface area (Å²) in [7, 11) is 0. The first-order valence-corrected chi connectivity index (χ1v) is 5.08. The smallest absolute Gasteiger partial charge is 0.0960 e. The first-order chi connectivity index (χ1) is 6.38. The fraction of sp³-hybridized carbons (Fsp3) is 0.636. The summed E-state index contributed by atoms with van der Waals surface area (Å²) in [5.41, 5.74) is 0.958. The predicted octanol–water partition coefficient (Wildman–Crippen LogP) is 2.36. The van der Waals surface area contributed by atoms with Gasteiger partial charge in [0.25, 0.3) is 0 Å². The molecule has 2 nitrogen and oxygen atoms in total. The van der Waals surface area contributed by atoms with Gasteiger partial charge < -0.3 is 9.52 Å². The highest BCUT2D eigenvalue weighted by Crippen LogP contribution is 2.62. The minimum absolute atomic E-state index is 0.269. The molecule has 1 N–H and O–H groups in total. The molecule has 0 radical (unpaired) electrons. The Kier molecular flexibility index (Phi) is 1.53. The lowest BCUT2D eigenvalue weighted by molar-refractivity contribution is 0.136. The van der Waals surface area contributed by atoms with Crippen LogP contribution < -0.4 is 0 Å². The van der Waals surface area contributed by atoms with Gasteiger partial charge in [0.2, 0.25) is 0 Å². The van der Waals surface area contributed by atoms with E-state index < -0.39 is 0 Å². The fourth-order valence-corrected chi connectivity index (χ4v) is 3.01. The van der Waals surface area contributed by atoms with E-state index in [4.69, 9.17) is 4.42 Å². The molecule has 13 heavy (non-hydrogen) atoms. The third-order valence-electron chi connectivity index (χ3n) is 3.72. The number of hydrogen-bond acceptors (Lipinski definition) is 2.